The number of unbranched alkanes of at least 4 members (excludes halogenated alkanes) is 53. The highest BCUT2D eigenvalue weighted by Crippen LogP contribution is 2.45. The van der Waals surface area contributed by atoms with E-state index in [4.69, 9.17) is 37.0 Å². The highest BCUT2D eigenvalue weighted by Gasteiger charge is 2.30. The molecule has 0 saturated heterocycles. The van der Waals surface area contributed by atoms with Crippen LogP contribution in [0.15, 0.2) is 0 Å². The smallest absolute Gasteiger partial charge is 0.462 e. The number of phosphoric ester groups is 2. The van der Waals surface area contributed by atoms with Gasteiger partial charge in [0.1, 0.15) is 19.3 Å². The number of hydrogen-bond acceptors (Lipinski definition) is 15. The topological polar surface area (TPSA) is 237 Å². The minimum absolute atomic E-state index is 0.108. The zero-order valence-electron chi connectivity index (χ0n) is 65.3. The Kier molecular flexibility index (Phi) is 72.5. The molecule has 0 bridgehead atoms. The molecule has 0 spiro atoms. The molecule has 0 heterocycles. The SMILES string of the molecule is CCCCCCCCCCCCCCCCCCCC(=O)O[C@H](COC(=O)CCCCCCCCCCCCCCCCCC)COP(=O)(O)OC[C@@H](O)COP(=O)(O)OC[C@@H](COC(=O)CCCCCCCCCCCCC(C)C)OC(=O)CCCCCCCCCCCCCCCC. The number of hydrogen-bond donors (Lipinski definition) is 3. The summed E-state index contributed by atoms with van der Waals surface area (Å²) in [7, 11) is -9.92. The van der Waals surface area contributed by atoms with E-state index in [2.05, 4.69) is 34.6 Å². The maximum atomic E-state index is 13.1. The molecule has 0 aromatic heterocycles. The van der Waals surface area contributed by atoms with Crippen LogP contribution in [-0.2, 0) is 65.4 Å². The lowest BCUT2D eigenvalue weighted by Gasteiger charge is -2.21. The normalized spacial score (nSPS) is 13.8. The molecule has 17 nitrogen and oxygen atoms in total. The molecule has 0 rings (SSSR count). The number of esters is 4. The average Bonchev–Trinajstić information content (AvgIpc) is 0.953. The van der Waals surface area contributed by atoms with E-state index in [-0.39, 0.29) is 25.7 Å². The van der Waals surface area contributed by atoms with Crippen molar-refractivity contribution in [2.24, 2.45) is 5.92 Å². The van der Waals surface area contributed by atoms with Gasteiger partial charge >= 0.3 is 39.5 Å². The van der Waals surface area contributed by atoms with Crippen LogP contribution in [0.1, 0.15) is 433 Å². The summed E-state index contributed by atoms with van der Waals surface area (Å²) >= 11 is 0. The van der Waals surface area contributed by atoms with Crippen molar-refractivity contribution in [1.29, 1.82) is 0 Å². The summed E-state index contributed by atoms with van der Waals surface area (Å²) in [6.45, 7) is 7.34. The van der Waals surface area contributed by atoms with Crippen LogP contribution in [0.25, 0.3) is 0 Å². The second-order valence-corrected chi connectivity index (χ2v) is 32.5. The molecular weight excluding hydrogens is 1310 g/mol. The summed E-state index contributed by atoms with van der Waals surface area (Å²) in [6, 6.07) is 0. The molecule has 0 amide bonds. The Balaban J connectivity index is 5.26. The molecule has 0 aromatic carbocycles. The van der Waals surface area contributed by atoms with Gasteiger partial charge in [0.15, 0.2) is 12.2 Å². The molecule has 0 fully saturated rings. The van der Waals surface area contributed by atoms with Crippen molar-refractivity contribution in [1.82, 2.24) is 0 Å². The summed E-state index contributed by atoms with van der Waals surface area (Å²) in [4.78, 5) is 73.1. The third-order valence-corrected chi connectivity index (χ3v) is 20.9. The van der Waals surface area contributed by atoms with Crippen molar-refractivity contribution >= 4 is 39.5 Å². The molecule has 0 radical (unpaired) electrons. The first kappa shape index (κ1) is 98.1. The number of carbonyl (C=O) groups excluding carboxylic acids is 4. The fourth-order valence-electron chi connectivity index (χ4n) is 12.6. The number of carbonyl (C=O) groups is 4. The van der Waals surface area contributed by atoms with Crippen LogP contribution in [0.2, 0.25) is 0 Å². The maximum Gasteiger partial charge on any atom is 0.472 e. The number of rotatable bonds is 81. The molecule has 19 heteroatoms. The van der Waals surface area contributed by atoms with Crippen LogP contribution in [-0.4, -0.2) is 96.7 Å². The highest BCUT2D eigenvalue weighted by molar-refractivity contribution is 7.47. The van der Waals surface area contributed by atoms with Gasteiger partial charge in [0, 0.05) is 25.7 Å². The zero-order chi connectivity index (χ0) is 73.4. The van der Waals surface area contributed by atoms with E-state index in [1.165, 1.54) is 257 Å². The van der Waals surface area contributed by atoms with Crippen molar-refractivity contribution in [3.8, 4) is 0 Å². The maximum absolute atomic E-state index is 13.1. The van der Waals surface area contributed by atoms with Crippen LogP contribution in [0, 0.1) is 5.92 Å². The number of ether oxygens (including phenoxy) is 4. The minimum atomic E-state index is -4.96. The number of phosphoric acid groups is 2. The van der Waals surface area contributed by atoms with E-state index >= 15 is 0 Å². The number of aliphatic hydroxyl groups is 1. The van der Waals surface area contributed by atoms with Crippen molar-refractivity contribution in [2.75, 3.05) is 39.6 Å². The lowest BCUT2D eigenvalue weighted by atomic mass is 10.0. The van der Waals surface area contributed by atoms with Gasteiger partial charge in [-0.3, -0.25) is 37.3 Å². The molecule has 5 atom stereocenters. The van der Waals surface area contributed by atoms with Crippen molar-refractivity contribution < 1.29 is 80.2 Å². The lowest BCUT2D eigenvalue weighted by Crippen LogP contribution is -2.30. The molecule has 594 valence electrons. The van der Waals surface area contributed by atoms with Gasteiger partial charge in [0.2, 0.25) is 0 Å². The Morgan fingerprint density at radius 1 is 0.270 bits per heavy atom. The Morgan fingerprint density at radius 3 is 0.680 bits per heavy atom. The standard InChI is InChI=1S/C81H158O17P2/c1-6-9-12-15-18-21-24-27-30-32-34-37-40-47-52-57-62-67-81(86)97-76(70-91-78(83)64-59-54-49-44-38-36-33-31-28-25-22-19-16-13-10-7-2)72-95-99(87,88)93-68-75(82)69-94-100(89,90)96-73-77(71-92-79(84)65-60-55-50-45-42-41-43-48-53-58-63-74(4)5)98-80(85)66-61-56-51-46-39-35-29-26-23-20-17-14-11-8-3/h74-77,82H,6-73H2,1-5H3,(H,87,88)(H,89,90)/t75-,76-,77-/m1/s1. The first-order valence-electron chi connectivity index (χ1n) is 42.1. The lowest BCUT2D eigenvalue weighted by molar-refractivity contribution is -0.161. The third-order valence-electron chi connectivity index (χ3n) is 19.0. The van der Waals surface area contributed by atoms with E-state index < -0.39 is 97.5 Å². The van der Waals surface area contributed by atoms with E-state index in [9.17, 15) is 43.2 Å². The molecule has 3 N–H and O–H groups in total. The fraction of sp³-hybridized carbons (Fsp3) is 0.951. The summed E-state index contributed by atoms with van der Waals surface area (Å²) < 4.78 is 68.8. The Morgan fingerprint density at radius 2 is 0.460 bits per heavy atom. The van der Waals surface area contributed by atoms with Crippen molar-refractivity contribution in [3.63, 3.8) is 0 Å². The summed E-state index contributed by atoms with van der Waals surface area (Å²) in [5.41, 5.74) is 0. The molecule has 0 saturated carbocycles. The summed E-state index contributed by atoms with van der Waals surface area (Å²) in [5.74, 6) is -1.34. The van der Waals surface area contributed by atoms with Gasteiger partial charge in [-0.05, 0) is 31.6 Å². The van der Waals surface area contributed by atoms with Gasteiger partial charge in [-0.15, -0.1) is 0 Å². The Bertz CT molecular complexity index is 1910. The summed E-state index contributed by atoms with van der Waals surface area (Å²) in [6.07, 6.45) is 65.0. The largest absolute Gasteiger partial charge is 0.472 e. The Labute approximate surface area is 613 Å². The molecule has 100 heavy (non-hydrogen) atoms. The summed E-state index contributed by atoms with van der Waals surface area (Å²) in [5, 5.41) is 10.6. The predicted molar refractivity (Wildman–Crippen MR) is 409 cm³/mol. The Hall–Kier alpha value is -1.94. The van der Waals surface area contributed by atoms with Crippen LogP contribution in [0.4, 0.5) is 0 Å². The highest BCUT2D eigenvalue weighted by atomic mass is 31.2. The van der Waals surface area contributed by atoms with Crippen LogP contribution in [0.5, 0.6) is 0 Å². The van der Waals surface area contributed by atoms with Gasteiger partial charge in [-0.1, -0.05) is 381 Å². The van der Waals surface area contributed by atoms with Gasteiger partial charge in [0.25, 0.3) is 0 Å². The fourth-order valence-corrected chi connectivity index (χ4v) is 14.2. The third kappa shape index (κ3) is 74.3. The minimum Gasteiger partial charge on any atom is -0.462 e. The molecule has 0 aromatic rings. The van der Waals surface area contributed by atoms with Crippen molar-refractivity contribution in [2.45, 2.75) is 451 Å². The van der Waals surface area contributed by atoms with E-state index in [1.54, 1.807) is 0 Å². The van der Waals surface area contributed by atoms with Gasteiger partial charge in [0.05, 0.1) is 26.4 Å². The van der Waals surface area contributed by atoms with E-state index in [0.717, 1.165) is 95.8 Å². The van der Waals surface area contributed by atoms with Crippen LogP contribution in [0.3, 0.4) is 0 Å². The van der Waals surface area contributed by atoms with Crippen molar-refractivity contribution in [3.05, 3.63) is 0 Å². The molecule has 0 aliphatic rings. The monoisotopic (exact) mass is 1470 g/mol. The zero-order valence-corrected chi connectivity index (χ0v) is 67.1. The van der Waals surface area contributed by atoms with Crippen LogP contribution >= 0.6 is 15.6 Å². The van der Waals surface area contributed by atoms with Gasteiger partial charge in [-0.25, -0.2) is 9.13 Å². The average molecular weight is 1470 g/mol. The van der Waals surface area contributed by atoms with E-state index in [1.807, 2.05) is 0 Å². The van der Waals surface area contributed by atoms with E-state index in [0.29, 0.717) is 25.7 Å². The second-order valence-electron chi connectivity index (χ2n) is 29.6. The van der Waals surface area contributed by atoms with Gasteiger partial charge < -0.3 is 33.8 Å². The quantitative estimate of drug-likeness (QED) is 0.0222. The molecular formula is C81H158O17P2. The first-order valence-corrected chi connectivity index (χ1v) is 45.1. The molecule has 0 aliphatic heterocycles. The molecule has 2 unspecified atom stereocenters. The molecule has 0 aliphatic carbocycles. The van der Waals surface area contributed by atoms with Gasteiger partial charge in [-0.2, -0.15) is 0 Å². The second kappa shape index (κ2) is 73.9. The predicted octanol–water partition coefficient (Wildman–Crippen LogP) is 24.4. The number of aliphatic hydroxyl groups excluding tert-OH is 1. The van der Waals surface area contributed by atoms with Crippen LogP contribution < -0.4 is 0 Å². The first-order chi connectivity index (χ1) is 48.5.